The molecule has 0 saturated heterocycles. The average molecular weight is 458 g/mol. The number of carbonyl (C=O) groups is 1. The molecule has 8 heteroatoms. The van der Waals surface area contributed by atoms with Crippen LogP contribution in [0.1, 0.15) is 43.0 Å². The molecule has 0 atom stereocenters. The molecule has 1 N–H and O–H groups in total. The Morgan fingerprint density at radius 2 is 2.03 bits per heavy atom. The zero-order valence-electron chi connectivity index (χ0n) is 17.9. The van der Waals surface area contributed by atoms with Gasteiger partial charge in [0.15, 0.2) is 5.16 Å². The Balaban J connectivity index is 1.75. The van der Waals surface area contributed by atoms with E-state index in [1.165, 1.54) is 22.2 Å². The molecule has 1 aliphatic rings. The maximum absolute atomic E-state index is 13.7. The van der Waals surface area contributed by atoms with Gasteiger partial charge >= 0.3 is 0 Å². The molecule has 2 aromatic heterocycles. The lowest BCUT2D eigenvalue weighted by atomic mass is 9.97. The van der Waals surface area contributed by atoms with E-state index >= 15 is 0 Å². The first-order valence-electron chi connectivity index (χ1n) is 10.7. The van der Waals surface area contributed by atoms with E-state index in [1.54, 1.807) is 23.0 Å². The van der Waals surface area contributed by atoms with E-state index < -0.39 is 0 Å². The lowest BCUT2D eigenvalue weighted by Gasteiger charge is -2.14. The maximum Gasteiger partial charge on any atom is 0.267 e. The number of benzene rings is 1. The number of ether oxygens (including phenoxy) is 1. The number of fused-ring (bicyclic) bond motifs is 3. The second kappa shape index (κ2) is 9.87. The molecule has 164 valence electrons. The van der Waals surface area contributed by atoms with Crippen molar-refractivity contribution >= 4 is 39.2 Å². The van der Waals surface area contributed by atoms with Crippen LogP contribution in [0.5, 0.6) is 5.75 Å². The van der Waals surface area contributed by atoms with Crippen LogP contribution in [0.2, 0.25) is 0 Å². The molecule has 1 amide bonds. The number of hydrogen-bond donors (Lipinski definition) is 1. The standard InChI is InChI=1S/C23H27N3O3S2/c1-3-4-13-24-19(27)14-30-23-25-21-20(17-7-5-6-8-18(17)31-21)22(28)26(23)15-9-11-16(29-2)12-10-15/h9-12H,3-8,13-14H2,1-2H3,(H,24,27). The van der Waals surface area contributed by atoms with Gasteiger partial charge in [0.2, 0.25) is 5.91 Å². The van der Waals surface area contributed by atoms with Gasteiger partial charge in [0.05, 0.1) is 23.9 Å². The minimum atomic E-state index is -0.0524. The zero-order valence-corrected chi connectivity index (χ0v) is 19.5. The fraction of sp³-hybridized carbons (Fsp3) is 0.435. The largest absolute Gasteiger partial charge is 0.497 e. The van der Waals surface area contributed by atoms with Gasteiger partial charge in [-0.15, -0.1) is 11.3 Å². The summed E-state index contributed by atoms with van der Waals surface area (Å²) in [5.41, 5.74) is 1.84. The van der Waals surface area contributed by atoms with E-state index in [2.05, 4.69) is 12.2 Å². The van der Waals surface area contributed by atoms with Crippen molar-refractivity contribution < 1.29 is 9.53 Å². The van der Waals surface area contributed by atoms with Crippen LogP contribution < -0.4 is 15.6 Å². The van der Waals surface area contributed by atoms with Gasteiger partial charge in [-0.25, -0.2) is 4.98 Å². The highest BCUT2D eigenvalue weighted by molar-refractivity contribution is 7.99. The van der Waals surface area contributed by atoms with Crippen molar-refractivity contribution in [3.05, 3.63) is 45.1 Å². The Morgan fingerprint density at radius 1 is 1.26 bits per heavy atom. The van der Waals surface area contributed by atoms with Crippen molar-refractivity contribution in [3.63, 3.8) is 0 Å². The Kier molecular flexibility index (Phi) is 6.97. The van der Waals surface area contributed by atoms with Crippen LogP contribution in [-0.4, -0.2) is 34.9 Å². The summed E-state index contributed by atoms with van der Waals surface area (Å²) in [5.74, 6) is 0.908. The Labute approximate surface area is 190 Å². The number of amides is 1. The predicted octanol–water partition coefficient (Wildman–Crippen LogP) is 4.34. The fourth-order valence-electron chi connectivity index (χ4n) is 3.83. The smallest absolute Gasteiger partial charge is 0.267 e. The number of thioether (sulfide) groups is 1. The van der Waals surface area contributed by atoms with Crippen molar-refractivity contribution in [2.24, 2.45) is 0 Å². The second-order valence-corrected chi connectivity index (χ2v) is 9.64. The number of methoxy groups -OCH3 is 1. The number of carbonyl (C=O) groups excluding carboxylic acids is 1. The van der Waals surface area contributed by atoms with Crippen molar-refractivity contribution in [2.75, 3.05) is 19.4 Å². The molecule has 0 spiro atoms. The van der Waals surface area contributed by atoms with Gasteiger partial charge in [-0.05, 0) is 61.9 Å². The number of hydrogen-bond acceptors (Lipinski definition) is 6. The first-order valence-corrected chi connectivity index (χ1v) is 12.5. The predicted molar refractivity (Wildman–Crippen MR) is 127 cm³/mol. The number of aryl methyl sites for hydroxylation is 2. The van der Waals surface area contributed by atoms with Gasteiger partial charge in [-0.3, -0.25) is 14.2 Å². The highest BCUT2D eigenvalue weighted by Gasteiger charge is 2.23. The first kappa shape index (κ1) is 21.9. The van der Waals surface area contributed by atoms with Crippen LogP contribution in [0, 0.1) is 0 Å². The van der Waals surface area contributed by atoms with E-state index in [1.807, 2.05) is 24.3 Å². The Morgan fingerprint density at radius 3 is 2.77 bits per heavy atom. The molecular formula is C23H27N3O3S2. The zero-order chi connectivity index (χ0) is 21.8. The molecule has 3 aromatic rings. The summed E-state index contributed by atoms with van der Waals surface area (Å²) >= 11 is 2.94. The third-order valence-electron chi connectivity index (χ3n) is 5.47. The minimum absolute atomic E-state index is 0.0421. The number of rotatable bonds is 8. The van der Waals surface area contributed by atoms with Crippen molar-refractivity contribution in [1.82, 2.24) is 14.9 Å². The van der Waals surface area contributed by atoms with E-state index in [9.17, 15) is 9.59 Å². The summed E-state index contributed by atoms with van der Waals surface area (Å²) in [5, 5.41) is 4.22. The molecule has 0 saturated carbocycles. The molecule has 0 bridgehead atoms. The summed E-state index contributed by atoms with van der Waals surface area (Å²) in [7, 11) is 1.62. The van der Waals surface area contributed by atoms with E-state index in [-0.39, 0.29) is 17.2 Å². The van der Waals surface area contributed by atoms with Crippen LogP contribution in [0.4, 0.5) is 0 Å². The summed E-state index contributed by atoms with van der Waals surface area (Å²) in [6.07, 6.45) is 6.20. The van der Waals surface area contributed by atoms with Gasteiger partial charge in [-0.2, -0.15) is 0 Å². The SMILES string of the molecule is CCCCNC(=O)CSc1nc2sc3c(c2c(=O)n1-c1ccc(OC)cc1)CCCC3. The van der Waals surface area contributed by atoms with Gasteiger partial charge in [0.1, 0.15) is 10.6 Å². The molecular weight excluding hydrogens is 430 g/mol. The highest BCUT2D eigenvalue weighted by Crippen LogP contribution is 2.35. The van der Waals surface area contributed by atoms with Crippen molar-refractivity contribution in [2.45, 2.75) is 50.6 Å². The summed E-state index contributed by atoms with van der Waals surface area (Å²) in [6, 6.07) is 7.39. The molecule has 0 radical (unpaired) electrons. The number of thiophene rings is 1. The summed E-state index contributed by atoms with van der Waals surface area (Å²) in [4.78, 5) is 32.9. The van der Waals surface area contributed by atoms with Crippen molar-refractivity contribution in [1.29, 1.82) is 0 Å². The van der Waals surface area contributed by atoms with Crippen molar-refractivity contribution in [3.8, 4) is 11.4 Å². The maximum atomic E-state index is 13.7. The van der Waals surface area contributed by atoms with Crippen LogP contribution in [0.15, 0.2) is 34.2 Å². The van der Waals surface area contributed by atoms with Crippen LogP contribution in [0.25, 0.3) is 15.9 Å². The van der Waals surface area contributed by atoms with Crippen LogP contribution in [-0.2, 0) is 17.6 Å². The monoisotopic (exact) mass is 457 g/mol. The Hall–Kier alpha value is -2.32. The number of nitrogens with zero attached hydrogens (tertiary/aromatic N) is 2. The Bertz CT molecular complexity index is 1140. The normalized spacial score (nSPS) is 13.2. The molecule has 0 unspecified atom stereocenters. The average Bonchev–Trinajstić information content (AvgIpc) is 3.17. The van der Waals surface area contributed by atoms with Crippen LogP contribution >= 0.6 is 23.1 Å². The van der Waals surface area contributed by atoms with E-state index in [0.717, 1.165) is 60.2 Å². The quantitative estimate of drug-likeness (QED) is 0.309. The number of unbranched alkanes of at least 4 members (excludes halogenated alkanes) is 1. The third-order valence-corrected chi connectivity index (χ3v) is 7.60. The minimum Gasteiger partial charge on any atom is -0.497 e. The summed E-state index contributed by atoms with van der Waals surface area (Å²) < 4.78 is 6.91. The highest BCUT2D eigenvalue weighted by atomic mass is 32.2. The van der Waals surface area contributed by atoms with Crippen LogP contribution in [0.3, 0.4) is 0 Å². The topological polar surface area (TPSA) is 73.2 Å². The lowest BCUT2D eigenvalue weighted by Crippen LogP contribution is -2.27. The van der Waals surface area contributed by atoms with Gasteiger partial charge < -0.3 is 10.1 Å². The molecule has 1 aromatic carbocycles. The number of aromatic nitrogens is 2. The van der Waals surface area contributed by atoms with Gasteiger partial charge in [0.25, 0.3) is 5.56 Å². The molecule has 1 aliphatic carbocycles. The molecule has 0 fully saturated rings. The molecule has 31 heavy (non-hydrogen) atoms. The molecule has 6 nitrogen and oxygen atoms in total. The molecule has 0 aliphatic heterocycles. The van der Waals surface area contributed by atoms with Gasteiger partial charge in [-0.1, -0.05) is 25.1 Å². The van der Waals surface area contributed by atoms with Gasteiger partial charge in [0, 0.05) is 11.4 Å². The van der Waals surface area contributed by atoms with E-state index in [4.69, 9.17) is 9.72 Å². The fourth-order valence-corrected chi connectivity index (χ4v) is 5.97. The first-order chi connectivity index (χ1) is 15.1. The van der Waals surface area contributed by atoms with E-state index in [0.29, 0.717) is 11.7 Å². The lowest BCUT2D eigenvalue weighted by molar-refractivity contribution is -0.118. The third kappa shape index (κ3) is 4.65. The number of nitrogens with one attached hydrogen (secondary N) is 1. The molecule has 2 heterocycles. The summed E-state index contributed by atoms with van der Waals surface area (Å²) in [6.45, 7) is 2.76. The second-order valence-electron chi connectivity index (χ2n) is 7.62. The molecule has 4 rings (SSSR count).